The largest absolute Gasteiger partial charge is 0.377 e. The van der Waals surface area contributed by atoms with Crippen LogP contribution in [-0.4, -0.2) is 36.1 Å². The first-order valence-electron chi connectivity index (χ1n) is 10.5. The smallest absolute Gasteiger partial charge is 0.242 e. The normalized spacial score (nSPS) is 15.0. The summed E-state index contributed by atoms with van der Waals surface area (Å²) < 4.78 is 76.8. The van der Waals surface area contributed by atoms with Gasteiger partial charge in [-0.1, -0.05) is 18.2 Å². The molecule has 32 heavy (non-hydrogen) atoms. The Balaban J connectivity index is 1.89. The van der Waals surface area contributed by atoms with Crippen molar-refractivity contribution in [2.45, 2.75) is 61.3 Å². The van der Waals surface area contributed by atoms with Crippen LogP contribution in [0.5, 0.6) is 0 Å². The number of anilines is 1. The number of rotatable bonds is 10. The van der Waals surface area contributed by atoms with Gasteiger partial charge in [0.25, 0.3) is 0 Å². The Hall–Kier alpha value is -2.04. The molecular formula is C22H28F2N2O4S2. The summed E-state index contributed by atoms with van der Waals surface area (Å²) in [7, 11) is -7.78. The molecule has 2 aromatic carbocycles. The molecule has 0 aromatic heterocycles. The third-order valence-electron chi connectivity index (χ3n) is 5.56. The first-order chi connectivity index (χ1) is 15.0. The Kier molecular flexibility index (Phi) is 7.57. The van der Waals surface area contributed by atoms with Crippen molar-refractivity contribution in [1.82, 2.24) is 4.72 Å². The number of fused-ring (bicyclic) bond motifs is 1. The van der Waals surface area contributed by atoms with Crippen LogP contribution in [0.25, 0.3) is 0 Å². The number of nitrogens with one attached hydrogen (secondary N) is 2. The monoisotopic (exact) mass is 486 g/mol. The number of aryl methyl sites for hydroxylation is 2. The van der Waals surface area contributed by atoms with E-state index in [9.17, 15) is 25.6 Å². The van der Waals surface area contributed by atoms with E-state index in [1.54, 1.807) is 0 Å². The first-order valence-corrected chi connectivity index (χ1v) is 13.8. The summed E-state index contributed by atoms with van der Waals surface area (Å²) in [6, 6.07) is 9.84. The second kappa shape index (κ2) is 9.84. The van der Waals surface area contributed by atoms with Gasteiger partial charge in [0.1, 0.15) is 4.90 Å². The summed E-state index contributed by atoms with van der Waals surface area (Å²) in [5.41, 5.74) is 3.85. The molecule has 2 N–H and O–H groups in total. The topological polar surface area (TPSA) is 92.3 Å². The number of halogens is 2. The second-order valence-electron chi connectivity index (χ2n) is 8.11. The molecule has 0 amide bonds. The maximum atomic E-state index is 12.9. The lowest BCUT2D eigenvalue weighted by Crippen LogP contribution is -2.26. The molecule has 0 bridgehead atoms. The minimum absolute atomic E-state index is 0.0308. The molecule has 1 aliphatic carbocycles. The van der Waals surface area contributed by atoms with E-state index in [1.807, 2.05) is 13.0 Å². The maximum absolute atomic E-state index is 12.9. The first kappa shape index (κ1) is 24.6. The number of benzene rings is 2. The van der Waals surface area contributed by atoms with Crippen LogP contribution in [-0.2, 0) is 32.7 Å². The van der Waals surface area contributed by atoms with Gasteiger partial charge in [-0.25, -0.2) is 30.3 Å². The Labute approximate surface area is 188 Å². The molecule has 3 rings (SSSR count). The lowest BCUT2D eigenvalue weighted by atomic mass is 10.0. The van der Waals surface area contributed by atoms with Crippen LogP contribution in [0.4, 0.5) is 14.5 Å². The van der Waals surface area contributed by atoms with Gasteiger partial charge in [-0.05, 0) is 67.5 Å². The van der Waals surface area contributed by atoms with Gasteiger partial charge >= 0.3 is 0 Å². The molecule has 0 saturated heterocycles. The third kappa shape index (κ3) is 6.05. The highest BCUT2D eigenvalue weighted by atomic mass is 32.2. The summed E-state index contributed by atoms with van der Waals surface area (Å²) in [5, 5.41) is 3.18. The van der Waals surface area contributed by atoms with Crippen LogP contribution < -0.4 is 10.0 Å². The van der Waals surface area contributed by atoms with Gasteiger partial charge in [-0.3, -0.25) is 0 Å². The molecule has 0 aliphatic heterocycles. The van der Waals surface area contributed by atoms with Crippen LogP contribution in [0.3, 0.4) is 0 Å². The van der Waals surface area contributed by atoms with Crippen molar-refractivity contribution in [3.05, 3.63) is 53.1 Å². The molecule has 0 fully saturated rings. The molecule has 2 aromatic rings. The molecule has 0 radical (unpaired) electrons. The van der Waals surface area contributed by atoms with E-state index < -0.39 is 32.7 Å². The van der Waals surface area contributed by atoms with Crippen LogP contribution in [0.1, 0.15) is 48.9 Å². The van der Waals surface area contributed by atoms with E-state index in [-0.39, 0.29) is 34.5 Å². The van der Waals surface area contributed by atoms with Gasteiger partial charge in [-0.2, -0.15) is 0 Å². The Bertz CT molecular complexity index is 1180. The van der Waals surface area contributed by atoms with Crippen molar-refractivity contribution in [3.8, 4) is 0 Å². The zero-order valence-electron chi connectivity index (χ0n) is 18.1. The Morgan fingerprint density at radius 2 is 1.72 bits per heavy atom. The van der Waals surface area contributed by atoms with Gasteiger partial charge in [-0.15, -0.1) is 0 Å². The van der Waals surface area contributed by atoms with E-state index in [2.05, 4.69) is 22.2 Å². The summed E-state index contributed by atoms with van der Waals surface area (Å²) in [6.45, 7) is 1.73. The highest BCUT2D eigenvalue weighted by molar-refractivity contribution is 7.91. The van der Waals surface area contributed by atoms with E-state index in [4.69, 9.17) is 0 Å². The van der Waals surface area contributed by atoms with Gasteiger partial charge in [0.2, 0.25) is 16.4 Å². The molecule has 1 atom stereocenters. The molecule has 0 heterocycles. The van der Waals surface area contributed by atoms with Crippen LogP contribution in [0.2, 0.25) is 0 Å². The fourth-order valence-corrected chi connectivity index (χ4v) is 5.78. The summed E-state index contributed by atoms with van der Waals surface area (Å²) in [6.07, 6.45) is 1.22. The lowest BCUT2D eigenvalue weighted by molar-refractivity contribution is 0.135. The summed E-state index contributed by atoms with van der Waals surface area (Å²) in [4.78, 5) is -0.369. The molecule has 1 aliphatic rings. The molecule has 0 spiro atoms. The quantitative estimate of drug-likeness (QED) is 0.494. The van der Waals surface area contributed by atoms with Gasteiger partial charge < -0.3 is 5.32 Å². The SMILES string of the molecule is C[C@@H](Nc1ccc(S(C)(=O)=O)cc1S(=O)(=O)NCCCC(F)F)c1ccc2c(c1)CCC2. The highest BCUT2D eigenvalue weighted by Crippen LogP contribution is 2.30. The molecular weight excluding hydrogens is 458 g/mol. The predicted molar refractivity (Wildman–Crippen MR) is 120 cm³/mol. The van der Waals surface area contributed by atoms with E-state index in [0.717, 1.165) is 37.1 Å². The Morgan fingerprint density at radius 3 is 2.41 bits per heavy atom. The molecule has 0 unspecified atom stereocenters. The number of sulfonamides is 1. The van der Waals surface area contributed by atoms with E-state index >= 15 is 0 Å². The number of alkyl halides is 2. The van der Waals surface area contributed by atoms with Crippen molar-refractivity contribution in [1.29, 1.82) is 0 Å². The fraction of sp³-hybridized carbons (Fsp3) is 0.455. The van der Waals surface area contributed by atoms with Crippen LogP contribution in [0, 0.1) is 0 Å². The molecule has 10 heteroatoms. The maximum Gasteiger partial charge on any atom is 0.242 e. The predicted octanol–water partition coefficient (Wildman–Crippen LogP) is 4.08. The second-order valence-corrected chi connectivity index (χ2v) is 11.9. The number of hydrogen-bond donors (Lipinski definition) is 2. The zero-order chi connectivity index (χ0) is 23.5. The minimum atomic E-state index is -4.13. The van der Waals surface area contributed by atoms with Crippen molar-refractivity contribution >= 4 is 25.5 Å². The Morgan fingerprint density at radius 1 is 1.00 bits per heavy atom. The van der Waals surface area contributed by atoms with Crippen molar-refractivity contribution in [2.75, 3.05) is 18.1 Å². The highest BCUT2D eigenvalue weighted by Gasteiger charge is 2.23. The lowest BCUT2D eigenvalue weighted by Gasteiger charge is -2.20. The van der Waals surface area contributed by atoms with Crippen molar-refractivity contribution < 1.29 is 25.6 Å². The average molecular weight is 487 g/mol. The van der Waals surface area contributed by atoms with Crippen molar-refractivity contribution in [2.24, 2.45) is 0 Å². The molecule has 6 nitrogen and oxygen atoms in total. The third-order valence-corrected chi connectivity index (χ3v) is 8.17. The average Bonchev–Trinajstić information content (AvgIpc) is 3.18. The van der Waals surface area contributed by atoms with Crippen LogP contribution >= 0.6 is 0 Å². The minimum Gasteiger partial charge on any atom is -0.377 e. The van der Waals surface area contributed by atoms with Gasteiger partial charge in [0, 0.05) is 25.3 Å². The number of sulfone groups is 1. The van der Waals surface area contributed by atoms with Gasteiger partial charge in [0.05, 0.1) is 10.6 Å². The fourth-order valence-electron chi connectivity index (χ4n) is 3.79. The van der Waals surface area contributed by atoms with Crippen molar-refractivity contribution in [3.63, 3.8) is 0 Å². The molecule has 176 valence electrons. The van der Waals surface area contributed by atoms with Gasteiger partial charge in [0.15, 0.2) is 9.84 Å². The summed E-state index contributed by atoms with van der Waals surface area (Å²) >= 11 is 0. The molecule has 0 saturated carbocycles. The number of hydrogen-bond acceptors (Lipinski definition) is 5. The van der Waals surface area contributed by atoms with E-state index in [1.165, 1.54) is 23.3 Å². The standard InChI is InChI=1S/C22H28F2N2O4S2/c1-15(17-9-8-16-5-3-6-18(16)13-17)26-20-11-10-19(31(2,27)28)14-21(20)32(29,30)25-12-4-7-22(23)24/h8-11,13-15,22,25-26H,3-7,12H2,1-2H3/t15-/m1/s1. The van der Waals surface area contributed by atoms with E-state index in [0.29, 0.717) is 0 Å². The summed E-state index contributed by atoms with van der Waals surface area (Å²) in [5.74, 6) is 0. The van der Waals surface area contributed by atoms with Crippen LogP contribution in [0.15, 0.2) is 46.2 Å². The zero-order valence-corrected chi connectivity index (χ0v) is 19.7.